The molecule has 4 fully saturated rings. The number of rotatable bonds is 11. The van der Waals surface area contributed by atoms with E-state index in [9.17, 15) is 14.4 Å². The zero-order valence-corrected chi connectivity index (χ0v) is 27.0. The number of Topliss-reactive ketones (excluding diaryl/α,β-unsaturated/α-hetero) is 1. The zero-order valence-electron chi connectivity index (χ0n) is 27.0. The summed E-state index contributed by atoms with van der Waals surface area (Å²) in [6.45, 7) is 4.12. The van der Waals surface area contributed by atoms with Crippen molar-refractivity contribution in [3.05, 3.63) is 53.2 Å². The Hall–Kier alpha value is -3.99. The van der Waals surface area contributed by atoms with Crippen molar-refractivity contribution < 1.29 is 24.3 Å². The number of primary amides is 1. The molecule has 3 aliphatic heterocycles. The number of nitrogens with one attached hydrogen (secondary N) is 2. The second kappa shape index (κ2) is 15.1. The average molecular weight is 633 g/mol. The van der Waals surface area contributed by atoms with E-state index in [0.717, 1.165) is 64.5 Å². The lowest BCUT2D eigenvalue weighted by atomic mass is 9.91. The number of anilines is 2. The van der Waals surface area contributed by atoms with Gasteiger partial charge in [0.05, 0.1) is 5.56 Å². The summed E-state index contributed by atoms with van der Waals surface area (Å²) in [6.07, 6.45) is 11.9. The fourth-order valence-electron chi connectivity index (χ4n) is 7.09. The number of carbonyl (C=O) groups is 4. The quantitative estimate of drug-likeness (QED) is 0.265. The molecule has 46 heavy (non-hydrogen) atoms. The predicted octanol–water partition coefficient (Wildman–Crippen LogP) is 4.33. The number of benzene rings is 1. The van der Waals surface area contributed by atoms with Crippen LogP contribution in [0.4, 0.5) is 11.5 Å². The molecule has 0 radical (unpaired) electrons. The number of pyridine rings is 1. The van der Waals surface area contributed by atoms with Gasteiger partial charge in [0.15, 0.2) is 5.78 Å². The SMILES string of the molecule is CC(=O)O.CN1CCC(CCC(=O)c2ccc(N3[C@@H]4CC[C@H]3C[C@@H](NC(=O)c3ccc(C(N)=O)c(NCC5CC5)c3)C4)nc2)CC1. The van der Waals surface area contributed by atoms with Gasteiger partial charge in [-0.25, -0.2) is 4.98 Å². The van der Waals surface area contributed by atoms with Gasteiger partial charge >= 0.3 is 0 Å². The fourth-order valence-corrected chi connectivity index (χ4v) is 7.09. The van der Waals surface area contributed by atoms with E-state index in [1.165, 1.54) is 25.7 Å². The van der Waals surface area contributed by atoms with E-state index >= 15 is 0 Å². The molecular formula is C35H48N6O5. The number of hydrogen-bond acceptors (Lipinski definition) is 8. The fraction of sp³-hybridized carbons (Fsp3) is 0.571. The molecule has 1 aliphatic carbocycles. The van der Waals surface area contributed by atoms with Crippen molar-refractivity contribution in [3.8, 4) is 0 Å². The number of fused-ring (bicyclic) bond motifs is 2. The number of nitrogens with zero attached hydrogens (tertiary/aromatic N) is 3. The Balaban J connectivity index is 0.000000985. The maximum Gasteiger partial charge on any atom is 0.300 e. The molecule has 4 aliphatic rings. The van der Waals surface area contributed by atoms with Gasteiger partial charge in [-0.1, -0.05) is 0 Å². The third-order valence-electron chi connectivity index (χ3n) is 9.85. The Kier molecular flexibility index (Phi) is 10.9. The van der Waals surface area contributed by atoms with Crippen molar-refractivity contribution in [2.75, 3.05) is 36.9 Å². The van der Waals surface area contributed by atoms with Gasteiger partial charge in [0, 0.05) is 61.0 Å². The van der Waals surface area contributed by atoms with Crippen LogP contribution in [0.25, 0.3) is 0 Å². The molecule has 11 nitrogen and oxygen atoms in total. The molecule has 3 atom stereocenters. The van der Waals surface area contributed by atoms with E-state index in [4.69, 9.17) is 20.6 Å². The molecular weight excluding hydrogens is 584 g/mol. The summed E-state index contributed by atoms with van der Waals surface area (Å²) in [4.78, 5) is 56.5. The Morgan fingerprint density at radius 1 is 0.935 bits per heavy atom. The van der Waals surface area contributed by atoms with E-state index < -0.39 is 11.9 Å². The van der Waals surface area contributed by atoms with Gasteiger partial charge in [0.25, 0.3) is 17.8 Å². The lowest BCUT2D eigenvalue weighted by Gasteiger charge is -2.40. The molecule has 2 amide bonds. The monoisotopic (exact) mass is 632 g/mol. The third-order valence-corrected chi connectivity index (χ3v) is 9.85. The van der Waals surface area contributed by atoms with Crippen LogP contribution in [0.1, 0.15) is 102 Å². The number of aromatic nitrogens is 1. The van der Waals surface area contributed by atoms with E-state index in [2.05, 4.69) is 27.5 Å². The van der Waals surface area contributed by atoms with Crippen LogP contribution in [0, 0.1) is 11.8 Å². The maximum atomic E-state index is 13.2. The van der Waals surface area contributed by atoms with Gasteiger partial charge in [0.2, 0.25) is 0 Å². The van der Waals surface area contributed by atoms with Crippen LogP contribution in [0.15, 0.2) is 36.5 Å². The van der Waals surface area contributed by atoms with E-state index in [1.54, 1.807) is 24.4 Å². The van der Waals surface area contributed by atoms with Crippen LogP contribution in [0.3, 0.4) is 0 Å². The van der Waals surface area contributed by atoms with Crippen molar-refractivity contribution in [3.63, 3.8) is 0 Å². The Labute approximate surface area is 271 Å². The molecule has 1 aromatic heterocycles. The van der Waals surface area contributed by atoms with Crippen LogP contribution in [0.2, 0.25) is 0 Å². The smallest absolute Gasteiger partial charge is 0.300 e. The van der Waals surface area contributed by atoms with Gasteiger partial charge in [-0.2, -0.15) is 0 Å². The number of carbonyl (C=O) groups excluding carboxylic acids is 3. The van der Waals surface area contributed by atoms with Crippen LogP contribution in [-0.2, 0) is 4.79 Å². The Bertz CT molecular complexity index is 1380. The first-order valence-electron chi connectivity index (χ1n) is 16.7. The van der Waals surface area contributed by atoms with E-state index in [-0.39, 0.29) is 17.7 Å². The maximum absolute atomic E-state index is 13.2. The molecule has 11 heteroatoms. The van der Waals surface area contributed by atoms with Gasteiger partial charge < -0.3 is 31.3 Å². The highest BCUT2D eigenvalue weighted by atomic mass is 16.4. The van der Waals surface area contributed by atoms with E-state index in [1.807, 2.05) is 12.1 Å². The number of nitrogens with two attached hydrogens (primary N) is 1. The van der Waals surface area contributed by atoms with Gasteiger partial charge in [0.1, 0.15) is 5.82 Å². The highest BCUT2D eigenvalue weighted by Crippen LogP contribution is 2.39. The minimum atomic E-state index is -0.833. The van der Waals surface area contributed by atoms with E-state index in [0.29, 0.717) is 52.7 Å². The number of amides is 2. The molecule has 2 bridgehead atoms. The molecule has 248 valence electrons. The number of carboxylic acid groups (broad SMARTS) is 1. The first kappa shape index (κ1) is 33.4. The predicted molar refractivity (Wildman–Crippen MR) is 177 cm³/mol. The van der Waals surface area contributed by atoms with Crippen LogP contribution in [0.5, 0.6) is 0 Å². The van der Waals surface area contributed by atoms with Crippen LogP contribution >= 0.6 is 0 Å². The van der Waals surface area contributed by atoms with Crippen molar-refractivity contribution in [1.82, 2.24) is 15.2 Å². The first-order chi connectivity index (χ1) is 22.1. The minimum absolute atomic E-state index is 0.0744. The van der Waals surface area contributed by atoms with Crippen LogP contribution in [-0.4, -0.2) is 83.4 Å². The summed E-state index contributed by atoms with van der Waals surface area (Å²) in [5.74, 6) is 0.932. The topological polar surface area (TPSA) is 158 Å². The largest absolute Gasteiger partial charge is 0.481 e. The number of carboxylic acids is 1. The molecule has 3 saturated heterocycles. The number of likely N-dealkylation sites (tertiary alicyclic amines) is 1. The minimum Gasteiger partial charge on any atom is -0.481 e. The molecule has 0 unspecified atom stereocenters. The molecule has 5 N–H and O–H groups in total. The van der Waals surface area contributed by atoms with Gasteiger partial charge in [-0.05, 0) is 120 Å². The van der Waals surface area contributed by atoms with Crippen molar-refractivity contribution in [2.24, 2.45) is 17.6 Å². The summed E-state index contributed by atoms with van der Waals surface area (Å²) >= 11 is 0. The second-order valence-corrected chi connectivity index (χ2v) is 13.5. The number of ketones is 1. The molecule has 4 heterocycles. The second-order valence-electron chi connectivity index (χ2n) is 13.5. The molecule has 1 aromatic carbocycles. The van der Waals surface area contributed by atoms with Gasteiger partial charge in [-0.3, -0.25) is 19.2 Å². The first-order valence-corrected chi connectivity index (χ1v) is 16.7. The highest BCUT2D eigenvalue weighted by molar-refractivity contribution is 6.02. The van der Waals surface area contributed by atoms with Crippen molar-refractivity contribution in [1.29, 1.82) is 0 Å². The number of piperidine rings is 2. The lowest BCUT2D eigenvalue weighted by molar-refractivity contribution is -0.134. The average Bonchev–Trinajstić information content (AvgIpc) is 3.82. The number of hydrogen-bond donors (Lipinski definition) is 4. The lowest BCUT2D eigenvalue weighted by Crippen LogP contribution is -2.50. The normalized spacial score (nSPS) is 22.8. The molecule has 2 aromatic rings. The highest BCUT2D eigenvalue weighted by Gasteiger charge is 2.42. The standard InChI is InChI=1S/C33H44N6O3.C2H4O2/c1-38-14-12-21(13-15-38)4-10-30(40)24-6-11-31(36-20-24)39-26-7-8-27(39)18-25(17-26)37-33(42)23-5-9-28(32(34)41)29(16-23)35-19-22-2-3-22;1-2(3)4/h5-6,9,11,16,20-22,25-27,35H,2-4,7-8,10,12-15,17-19H2,1H3,(H2,34,41)(H,37,42);1H3,(H,3,4)/t25-,26+,27-;. The van der Waals surface area contributed by atoms with Crippen molar-refractivity contribution >= 4 is 35.1 Å². The summed E-state index contributed by atoms with van der Waals surface area (Å²) in [6, 6.07) is 9.71. The zero-order chi connectivity index (χ0) is 32.8. The summed E-state index contributed by atoms with van der Waals surface area (Å²) in [7, 11) is 2.16. The van der Waals surface area contributed by atoms with Crippen molar-refractivity contribution in [2.45, 2.75) is 89.3 Å². The Morgan fingerprint density at radius 3 is 2.17 bits per heavy atom. The Morgan fingerprint density at radius 2 is 1.59 bits per heavy atom. The van der Waals surface area contributed by atoms with Gasteiger partial charge in [-0.15, -0.1) is 0 Å². The molecule has 1 saturated carbocycles. The summed E-state index contributed by atoms with van der Waals surface area (Å²) in [5, 5.41) is 14.0. The summed E-state index contributed by atoms with van der Waals surface area (Å²) in [5.41, 5.74) is 7.85. The summed E-state index contributed by atoms with van der Waals surface area (Å²) < 4.78 is 0. The number of aliphatic carboxylic acids is 1. The van der Waals surface area contributed by atoms with Crippen LogP contribution < -0.4 is 21.3 Å². The molecule has 0 spiro atoms. The third kappa shape index (κ3) is 8.84. The molecule has 6 rings (SSSR count).